The summed E-state index contributed by atoms with van der Waals surface area (Å²) in [5, 5.41) is 2.50. The number of hydrogen-bond donors (Lipinski definition) is 1. The second-order valence-electron chi connectivity index (χ2n) is 4.91. The molecule has 0 aliphatic rings. The second kappa shape index (κ2) is 6.31. The van der Waals surface area contributed by atoms with Gasteiger partial charge in [0.15, 0.2) is 12.4 Å². The first-order chi connectivity index (χ1) is 11.2. The SMILES string of the molecule is CNC(=O)COn1c(-c2ccccc2)nc2ccc(C=O)cc21. The predicted octanol–water partition coefficient (Wildman–Crippen LogP) is 1.69. The number of rotatable bonds is 5. The van der Waals surface area contributed by atoms with Crippen LogP contribution in [-0.4, -0.2) is 35.6 Å². The molecule has 1 aromatic heterocycles. The maximum Gasteiger partial charge on any atom is 0.260 e. The highest BCUT2D eigenvalue weighted by molar-refractivity contribution is 5.87. The third kappa shape index (κ3) is 2.91. The van der Waals surface area contributed by atoms with E-state index in [1.807, 2.05) is 30.3 Å². The monoisotopic (exact) mass is 309 g/mol. The van der Waals surface area contributed by atoms with Gasteiger partial charge in [0.05, 0.1) is 5.52 Å². The Morgan fingerprint density at radius 3 is 2.74 bits per heavy atom. The van der Waals surface area contributed by atoms with Gasteiger partial charge in [-0.05, 0) is 18.2 Å². The van der Waals surface area contributed by atoms with Crippen LogP contribution in [-0.2, 0) is 4.79 Å². The molecule has 0 spiro atoms. The lowest BCUT2D eigenvalue weighted by molar-refractivity contribution is -0.125. The van der Waals surface area contributed by atoms with Crippen molar-refractivity contribution in [2.24, 2.45) is 0 Å². The van der Waals surface area contributed by atoms with Gasteiger partial charge in [-0.1, -0.05) is 30.3 Å². The Morgan fingerprint density at radius 1 is 1.26 bits per heavy atom. The largest absolute Gasteiger partial charge is 0.402 e. The second-order valence-corrected chi connectivity index (χ2v) is 4.91. The topological polar surface area (TPSA) is 73.2 Å². The minimum Gasteiger partial charge on any atom is -0.402 e. The Labute approximate surface area is 132 Å². The summed E-state index contributed by atoms with van der Waals surface area (Å²) < 4.78 is 1.49. The van der Waals surface area contributed by atoms with Crippen LogP contribution in [0.5, 0.6) is 0 Å². The van der Waals surface area contributed by atoms with Crippen LogP contribution < -0.4 is 10.2 Å². The molecule has 0 unspecified atom stereocenters. The van der Waals surface area contributed by atoms with Gasteiger partial charge in [0.25, 0.3) is 5.91 Å². The van der Waals surface area contributed by atoms with Crippen molar-refractivity contribution in [1.82, 2.24) is 15.0 Å². The van der Waals surface area contributed by atoms with Crippen LogP contribution in [0.3, 0.4) is 0 Å². The Balaban J connectivity index is 2.13. The highest BCUT2D eigenvalue weighted by Crippen LogP contribution is 2.24. The number of amides is 1. The molecule has 23 heavy (non-hydrogen) atoms. The number of carbonyl (C=O) groups is 2. The van der Waals surface area contributed by atoms with Crippen molar-refractivity contribution in [3.63, 3.8) is 0 Å². The van der Waals surface area contributed by atoms with Gasteiger partial charge in [-0.25, -0.2) is 4.98 Å². The van der Waals surface area contributed by atoms with E-state index in [1.165, 1.54) is 4.73 Å². The highest BCUT2D eigenvalue weighted by Gasteiger charge is 2.15. The lowest BCUT2D eigenvalue weighted by Gasteiger charge is -2.10. The summed E-state index contributed by atoms with van der Waals surface area (Å²) in [5.41, 5.74) is 2.69. The van der Waals surface area contributed by atoms with Crippen LogP contribution in [0.4, 0.5) is 0 Å². The summed E-state index contributed by atoms with van der Waals surface area (Å²) in [7, 11) is 1.54. The van der Waals surface area contributed by atoms with Gasteiger partial charge in [0.2, 0.25) is 0 Å². The van der Waals surface area contributed by atoms with Gasteiger partial charge in [-0.3, -0.25) is 9.59 Å². The minimum absolute atomic E-state index is 0.146. The Kier molecular flexibility index (Phi) is 4.05. The molecular formula is C17H15N3O3. The molecule has 0 aliphatic carbocycles. The van der Waals surface area contributed by atoms with Crippen LogP contribution >= 0.6 is 0 Å². The average Bonchev–Trinajstić information content (AvgIpc) is 2.98. The van der Waals surface area contributed by atoms with Crippen LogP contribution in [0, 0.1) is 0 Å². The molecule has 6 heteroatoms. The lowest BCUT2D eigenvalue weighted by atomic mass is 10.2. The maximum absolute atomic E-state index is 11.5. The smallest absolute Gasteiger partial charge is 0.260 e. The molecule has 1 heterocycles. The van der Waals surface area contributed by atoms with Crippen molar-refractivity contribution in [3.8, 4) is 11.4 Å². The summed E-state index contributed by atoms with van der Waals surface area (Å²) in [5.74, 6) is 0.324. The normalized spacial score (nSPS) is 10.5. The number of likely N-dealkylation sites (N-methyl/N-ethyl adjacent to an activating group) is 1. The van der Waals surface area contributed by atoms with E-state index in [4.69, 9.17) is 4.84 Å². The van der Waals surface area contributed by atoms with Crippen molar-refractivity contribution < 1.29 is 14.4 Å². The summed E-state index contributed by atoms with van der Waals surface area (Å²) >= 11 is 0. The van der Waals surface area contributed by atoms with Crippen molar-refractivity contribution in [1.29, 1.82) is 0 Å². The van der Waals surface area contributed by atoms with E-state index in [-0.39, 0.29) is 12.5 Å². The maximum atomic E-state index is 11.5. The molecule has 0 fully saturated rings. The van der Waals surface area contributed by atoms with Crippen LogP contribution in [0.1, 0.15) is 10.4 Å². The molecule has 3 rings (SSSR count). The minimum atomic E-state index is -0.252. The Bertz CT molecular complexity index is 856. The molecular weight excluding hydrogens is 294 g/mol. The summed E-state index contributed by atoms with van der Waals surface area (Å²) in [6.45, 7) is -0.146. The van der Waals surface area contributed by atoms with Gasteiger partial charge in [-0.2, -0.15) is 4.73 Å². The summed E-state index contributed by atoms with van der Waals surface area (Å²) in [6, 6.07) is 14.6. The number of hydrogen-bond acceptors (Lipinski definition) is 4. The fraction of sp³-hybridized carbons (Fsp3) is 0.118. The Morgan fingerprint density at radius 2 is 2.04 bits per heavy atom. The first kappa shape index (κ1) is 14.8. The quantitative estimate of drug-likeness (QED) is 0.728. The zero-order valence-electron chi connectivity index (χ0n) is 12.5. The fourth-order valence-corrected chi connectivity index (χ4v) is 2.24. The molecule has 2 aromatic carbocycles. The molecule has 1 amide bonds. The lowest BCUT2D eigenvalue weighted by Crippen LogP contribution is -2.29. The third-order valence-corrected chi connectivity index (χ3v) is 3.41. The number of nitrogens with zero attached hydrogens (tertiary/aromatic N) is 2. The van der Waals surface area contributed by atoms with Crippen molar-refractivity contribution >= 4 is 23.2 Å². The summed E-state index contributed by atoms with van der Waals surface area (Å²) in [4.78, 5) is 32.7. The number of imidazole rings is 1. The zero-order chi connectivity index (χ0) is 16.2. The molecule has 0 bridgehead atoms. The molecule has 116 valence electrons. The van der Waals surface area contributed by atoms with E-state index in [0.29, 0.717) is 22.4 Å². The Hall–Kier alpha value is -3.15. The number of fused-ring (bicyclic) bond motifs is 1. The van der Waals surface area contributed by atoms with E-state index in [2.05, 4.69) is 10.3 Å². The number of carbonyl (C=O) groups excluding carboxylic acids is 2. The number of aldehydes is 1. The molecule has 0 saturated heterocycles. The molecule has 0 atom stereocenters. The van der Waals surface area contributed by atoms with Crippen LogP contribution in [0.2, 0.25) is 0 Å². The highest BCUT2D eigenvalue weighted by atomic mass is 16.7. The van der Waals surface area contributed by atoms with Crippen LogP contribution in [0.25, 0.3) is 22.4 Å². The van der Waals surface area contributed by atoms with Crippen molar-refractivity contribution in [2.75, 3.05) is 13.7 Å². The average molecular weight is 309 g/mol. The molecule has 6 nitrogen and oxygen atoms in total. The number of benzene rings is 2. The number of aromatic nitrogens is 2. The number of nitrogens with one attached hydrogen (secondary N) is 1. The van der Waals surface area contributed by atoms with E-state index in [9.17, 15) is 9.59 Å². The fourth-order valence-electron chi connectivity index (χ4n) is 2.24. The zero-order valence-corrected chi connectivity index (χ0v) is 12.5. The van der Waals surface area contributed by atoms with E-state index in [1.54, 1.807) is 25.2 Å². The van der Waals surface area contributed by atoms with Gasteiger partial charge in [-0.15, -0.1) is 0 Å². The molecule has 1 N–H and O–H groups in total. The molecule has 0 aliphatic heterocycles. The van der Waals surface area contributed by atoms with Gasteiger partial charge >= 0.3 is 0 Å². The molecule has 3 aromatic rings. The summed E-state index contributed by atoms with van der Waals surface area (Å²) in [6.07, 6.45) is 0.762. The first-order valence-corrected chi connectivity index (χ1v) is 7.10. The van der Waals surface area contributed by atoms with Crippen molar-refractivity contribution in [3.05, 3.63) is 54.1 Å². The van der Waals surface area contributed by atoms with Crippen LogP contribution in [0.15, 0.2) is 48.5 Å². The van der Waals surface area contributed by atoms with E-state index >= 15 is 0 Å². The van der Waals surface area contributed by atoms with E-state index in [0.717, 1.165) is 11.8 Å². The van der Waals surface area contributed by atoms with Gasteiger partial charge in [0, 0.05) is 18.2 Å². The standard InChI is InChI=1S/C17H15N3O3/c1-18-16(22)11-23-20-15-9-12(10-21)7-8-14(15)19-17(20)13-5-3-2-4-6-13/h2-10H,11H2,1H3,(H,18,22). The molecule has 0 saturated carbocycles. The first-order valence-electron chi connectivity index (χ1n) is 7.10. The van der Waals surface area contributed by atoms with Gasteiger partial charge in [0.1, 0.15) is 11.8 Å². The predicted molar refractivity (Wildman–Crippen MR) is 86.1 cm³/mol. The molecule has 0 radical (unpaired) electrons. The van der Waals surface area contributed by atoms with E-state index < -0.39 is 0 Å². The van der Waals surface area contributed by atoms with Gasteiger partial charge < -0.3 is 10.2 Å². The van der Waals surface area contributed by atoms with Crippen molar-refractivity contribution in [2.45, 2.75) is 0 Å². The third-order valence-electron chi connectivity index (χ3n) is 3.41.